The number of anilines is 1. The lowest BCUT2D eigenvalue weighted by atomic mass is 10.0. The zero-order valence-electron chi connectivity index (χ0n) is 10.9. The molecule has 0 spiro atoms. The van der Waals surface area contributed by atoms with Gasteiger partial charge in [-0.15, -0.1) is 0 Å². The second-order valence-electron chi connectivity index (χ2n) is 4.94. The van der Waals surface area contributed by atoms with Gasteiger partial charge in [-0.2, -0.15) is 5.26 Å². The van der Waals surface area contributed by atoms with E-state index in [4.69, 9.17) is 0 Å². The van der Waals surface area contributed by atoms with Crippen LogP contribution >= 0.6 is 15.9 Å². The summed E-state index contributed by atoms with van der Waals surface area (Å²) in [6.07, 6.45) is 2.42. The summed E-state index contributed by atoms with van der Waals surface area (Å²) in [6.45, 7) is 2.24. The number of rotatable bonds is 2. The van der Waals surface area contributed by atoms with Gasteiger partial charge in [0.25, 0.3) is 0 Å². The summed E-state index contributed by atoms with van der Waals surface area (Å²) in [5.41, 5.74) is 1.76. The molecule has 18 heavy (non-hydrogen) atoms. The minimum absolute atomic E-state index is 0.491. The van der Waals surface area contributed by atoms with E-state index < -0.39 is 0 Å². The minimum Gasteiger partial charge on any atom is -0.369 e. The molecule has 0 radical (unpaired) electrons. The molecule has 1 fully saturated rings. The average molecular weight is 308 g/mol. The van der Waals surface area contributed by atoms with Crippen LogP contribution in [0.15, 0.2) is 22.7 Å². The van der Waals surface area contributed by atoms with Gasteiger partial charge in [0.1, 0.15) is 6.07 Å². The third kappa shape index (κ3) is 2.85. The van der Waals surface area contributed by atoms with Crippen LogP contribution in [0.2, 0.25) is 0 Å². The topological polar surface area (TPSA) is 30.3 Å². The Labute approximate surface area is 117 Å². The number of piperidine rings is 1. The van der Waals surface area contributed by atoms with Crippen LogP contribution in [0.1, 0.15) is 18.4 Å². The molecule has 1 saturated heterocycles. The van der Waals surface area contributed by atoms with E-state index in [9.17, 15) is 5.26 Å². The number of hydrogen-bond acceptors (Lipinski definition) is 3. The second-order valence-corrected chi connectivity index (χ2v) is 5.86. The first-order valence-corrected chi connectivity index (χ1v) is 7.02. The molecule has 1 aromatic carbocycles. The summed E-state index contributed by atoms with van der Waals surface area (Å²) in [6, 6.07) is 8.60. The molecule has 0 bridgehead atoms. The van der Waals surface area contributed by atoms with Crippen LogP contribution in [0.4, 0.5) is 5.69 Å². The SMILES string of the molecule is CN1CCCC(N(C)c2cc(Br)ccc2C#N)C1. The van der Waals surface area contributed by atoms with Crippen LogP contribution in [0.5, 0.6) is 0 Å². The van der Waals surface area contributed by atoms with Gasteiger partial charge in [-0.25, -0.2) is 0 Å². The maximum absolute atomic E-state index is 9.21. The monoisotopic (exact) mass is 307 g/mol. The molecular formula is C14H18BrN3. The van der Waals surface area contributed by atoms with Gasteiger partial charge >= 0.3 is 0 Å². The lowest BCUT2D eigenvalue weighted by Gasteiger charge is -2.37. The Morgan fingerprint density at radius 2 is 2.28 bits per heavy atom. The fourth-order valence-electron chi connectivity index (χ4n) is 2.54. The van der Waals surface area contributed by atoms with Gasteiger partial charge in [-0.05, 0) is 44.6 Å². The Morgan fingerprint density at radius 1 is 1.50 bits per heavy atom. The van der Waals surface area contributed by atoms with E-state index in [0.29, 0.717) is 6.04 Å². The Kier molecular flexibility index (Phi) is 4.26. The van der Waals surface area contributed by atoms with Crippen molar-refractivity contribution in [3.8, 4) is 6.07 Å². The Balaban J connectivity index is 2.25. The maximum atomic E-state index is 9.21. The summed E-state index contributed by atoms with van der Waals surface area (Å²) in [7, 11) is 4.25. The summed E-state index contributed by atoms with van der Waals surface area (Å²) >= 11 is 3.48. The Hall–Kier alpha value is -1.05. The normalized spacial score (nSPS) is 20.4. The van der Waals surface area contributed by atoms with Crippen molar-refractivity contribution in [3.05, 3.63) is 28.2 Å². The van der Waals surface area contributed by atoms with Crippen LogP contribution in [0.25, 0.3) is 0 Å². The van der Waals surface area contributed by atoms with Crippen molar-refractivity contribution in [1.82, 2.24) is 4.90 Å². The van der Waals surface area contributed by atoms with Crippen LogP contribution in [-0.2, 0) is 0 Å². The highest BCUT2D eigenvalue weighted by Crippen LogP contribution is 2.27. The van der Waals surface area contributed by atoms with E-state index in [1.165, 1.54) is 19.4 Å². The van der Waals surface area contributed by atoms with Crippen molar-refractivity contribution in [2.75, 3.05) is 32.1 Å². The van der Waals surface area contributed by atoms with E-state index in [1.54, 1.807) is 0 Å². The second kappa shape index (κ2) is 5.73. The first-order valence-electron chi connectivity index (χ1n) is 6.23. The number of likely N-dealkylation sites (N-methyl/N-ethyl adjacent to an activating group) is 2. The lowest BCUT2D eigenvalue weighted by molar-refractivity contribution is 0.248. The molecule has 0 aromatic heterocycles. The van der Waals surface area contributed by atoms with E-state index in [2.05, 4.69) is 45.9 Å². The molecule has 0 amide bonds. The van der Waals surface area contributed by atoms with E-state index in [1.807, 2.05) is 18.2 Å². The number of halogens is 1. The van der Waals surface area contributed by atoms with Gasteiger partial charge in [0, 0.05) is 24.1 Å². The number of hydrogen-bond donors (Lipinski definition) is 0. The molecule has 0 saturated carbocycles. The summed E-state index contributed by atoms with van der Waals surface area (Å²) < 4.78 is 1.02. The lowest BCUT2D eigenvalue weighted by Crippen LogP contribution is -2.45. The van der Waals surface area contributed by atoms with Crippen molar-refractivity contribution >= 4 is 21.6 Å². The first kappa shape index (κ1) is 13.4. The molecule has 4 heteroatoms. The van der Waals surface area contributed by atoms with E-state index in [-0.39, 0.29) is 0 Å². The summed E-state index contributed by atoms with van der Waals surface area (Å²) in [5, 5.41) is 9.21. The third-order valence-electron chi connectivity index (χ3n) is 3.61. The average Bonchev–Trinajstić information content (AvgIpc) is 2.38. The predicted molar refractivity (Wildman–Crippen MR) is 77.8 cm³/mol. The smallest absolute Gasteiger partial charge is 0.101 e. The molecule has 96 valence electrons. The molecule has 1 aliphatic heterocycles. The maximum Gasteiger partial charge on any atom is 0.101 e. The van der Waals surface area contributed by atoms with Crippen molar-refractivity contribution < 1.29 is 0 Å². The molecule has 1 aromatic rings. The van der Waals surface area contributed by atoms with Crippen molar-refractivity contribution in [2.45, 2.75) is 18.9 Å². The van der Waals surface area contributed by atoms with Crippen molar-refractivity contribution in [2.24, 2.45) is 0 Å². The molecule has 1 atom stereocenters. The Bertz CT molecular complexity index is 467. The Morgan fingerprint density at radius 3 is 2.94 bits per heavy atom. The van der Waals surface area contributed by atoms with Gasteiger partial charge < -0.3 is 9.80 Å². The van der Waals surface area contributed by atoms with Crippen LogP contribution < -0.4 is 4.90 Å². The zero-order chi connectivity index (χ0) is 13.1. The summed E-state index contributed by atoms with van der Waals surface area (Å²) in [4.78, 5) is 4.60. The standard InChI is InChI=1S/C14H18BrN3/c1-17-7-3-4-13(10-17)18(2)14-8-12(15)6-5-11(14)9-16/h5-6,8,13H,3-4,7,10H2,1-2H3. The molecule has 0 N–H and O–H groups in total. The highest BCUT2D eigenvalue weighted by molar-refractivity contribution is 9.10. The van der Waals surface area contributed by atoms with Crippen LogP contribution in [-0.4, -0.2) is 38.1 Å². The van der Waals surface area contributed by atoms with E-state index >= 15 is 0 Å². The number of benzene rings is 1. The van der Waals surface area contributed by atoms with E-state index in [0.717, 1.165) is 22.3 Å². The number of nitrogens with zero attached hydrogens (tertiary/aromatic N) is 3. The zero-order valence-corrected chi connectivity index (χ0v) is 12.4. The quantitative estimate of drug-likeness (QED) is 0.841. The predicted octanol–water partition coefficient (Wildman–Crippen LogP) is 2.85. The highest BCUT2D eigenvalue weighted by Gasteiger charge is 2.22. The minimum atomic E-state index is 0.491. The molecule has 3 nitrogen and oxygen atoms in total. The third-order valence-corrected chi connectivity index (χ3v) is 4.10. The fraction of sp³-hybridized carbons (Fsp3) is 0.500. The molecule has 0 aliphatic carbocycles. The molecule has 1 heterocycles. The van der Waals surface area contributed by atoms with Gasteiger partial charge in [0.15, 0.2) is 0 Å². The van der Waals surface area contributed by atoms with Gasteiger partial charge in [0.2, 0.25) is 0 Å². The largest absolute Gasteiger partial charge is 0.369 e. The van der Waals surface area contributed by atoms with Gasteiger partial charge in [-0.1, -0.05) is 15.9 Å². The van der Waals surface area contributed by atoms with Gasteiger partial charge in [0.05, 0.1) is 11.3 Å². The van der Waals surface area contributed by atoms with Crippen molar-refractivity contribution in [3.63, 3.8) is 0 Å². The molecular weight excluding hydrogens is 290 g/mol. The molecule has 1 unspecified atom stereocenters. The first-order chi connectivity index (χ1) is 8.61. The molecule has 2 rings (SSSR count). The fourth-order valence-corrected chi connectivity index (χ4v) is 2.89. The highest BCUT2D eigenvalue weighted by atomic mass is 79.9. The number of nitriles is 1. The molecule has 1 aliphatic rings. The number of likely N-dealkylation sites (tertiary alicyclic amines) is 1. The summed E-state index contributed by atoms with van der Waals surface area (Å²) in [5.74, 6) is 0. The van der Waals surface area contributed by atoms with Crippen molar-refractivity contribution in [1.29, 1.82) is 5.26 Å². The van der Waals surface area contributed by atoms with Crippen LogP contribution in [0.3, 0.4) is 0 Å². The van der Waals surface area contributed by atoms with Gasteiger partial charge in [-0.3, -0.25) is 0 Å². The van der Waals surface area contributed by atoms with Crippen LogP contribution in [0, 0.1) is 11.3 Å².